The van der Waals surface area contributed by atoms with Crippen molar-refractivity contribution in [2.45, 2.75) is 6.61 Å². The summed E-state index contributed by atoms with van der Waals surface area (Å²) in [5.74, 6) is 0.411. The minimum atomic E-state index is -0.277. The SMILES string of the molecule is O=C(Nc1cc2nn(-c3ccccc3)nc2cc1Cl)c1ccc(OCc2ccccc2)cc1. The molecule has 5 rings (SSSR count). The maximum Gasteiger partial charge on any atom is 0.255 e. The van der Waals surface area contributed by atoms with Crippen molar-refractivity contribution in [1.29, 1.82) is 0 Å². The molecular formula is C26H19ClN4O2. The molecule has 0 aliphatic rings. The summed E-state index contributed by atoms with van der Waals surface area (Å²) < 4.78 is 5.78. The number of nitrogens with zero attached hydrogens (tertiary/aromatic N) is 3. The molecule has 162 valence electrons. The van der Waals surface area contributed by atoms with Gasteiger partial charge in [-0.15, -0.1) is 10.2 Å². The van der Waals surface area contributed by atoms with Gasteiger partial charge in [0.15, 0.2) is 0 Å². The van der Waals surface area contributed by atoms with Crippen molar-refractivity contribution in [1.82, 2.24) is 15.0 Å². The van der Waals surface area contributed by atoms with Crippen LogP contribution in [0, 0.1) is 0 Å². The molecule has 0 fully saturated rings. The van der Waals surface area contributed by atoms with E-state index in [0.29, 0.717) is 39.7 Å². The predicted octanol–water partition coefficient (Wildman–Crippen LogP) is 5.91. The third-order valence-corrected chi connectivity index (χ3v) is 5.38. The molecule has 0 saturated heterocycles. The van der Waals surface area contributed by atoms with Crippen molar-refractivity contribution in [3.63, 3.8) is 0 Å². The highest BCUT2D eigenvalue weighted by molar-refractivity contribution is 6.34. The second-order valence-electron chi connectivity index (χ2n) is 7.40. The molecule has 0 unspecified atom stereocenters. The summed E-state index contributed by atoms with van der Waals surface area (Å²) >= 11 is 6.40. The zero-order chi connectivity index (χ0) is 22.6. The van der Waals surface area contributed by atoms with Crippen molar-refractivity contribution in [3.05, 3.63) is 113 Å². The van der Waals surface area contributed by atoms with E-state index < -0.39 is 0 Å². The number of hydrogen-bond donors (Lipinski definition) is 1. The molecule has 33 heavy (non-hydrogen) atoms. The van der Waals surface area contributed by atoms with Gasteiger partial charge in [0, 0.05) is 5.56 Å². The van der Waals surface area contributed by atoms with E-state index in [0.717, 1.165) is 11.3 Å². The minimum Gasteiger partial charge on any atom is -0.489 e. The highest BCUT2D eigenvalue weighted by Crippen LogP contribution is 2.27. The Balaban J connectivity index is 1.29. The summed E-state index contributed by atoms with van der Waals surface area (Å²) in [6.45, 7) is 0.464. The minimum absolute atomic E-state index is 0.277. The number of para-hydroxylation sites is 1. The number of halogens is 1. The molecule has 0 spiro atoms. The van der Waals surface area contributed by atoms with Gasteiger partial charge in [-0.05, 0) is 54.1 Å². The van der Waals surface area contributed by atoms with Gasteiger partial charge in [0.25, 0.3) is 5.91 Å². The first-order valence-electron chi connectivity index (χ1n) is 10.4. The fourth-order valence-corrected chi connectivity index (χ4v) is 3.55. The predicted molar refractivity (Wildman–Crippen MR) is 129 cm³/mol. The lowest BCUT2D eigenvalue weighted by Crippen LogP contribution is -2.12. The van der Waals surface area contributed by atoms with Crippen LogP contribution in [-0.2, 0) is 6.61 Å². The van der Waals surface area contributed by atoms with Gasteiger partial charge in [-0.3, -0.25) is 4.79 Å². The molecule has 0 bridgehead atoms. The maximum atomic E-state index is 12.8. The van der Waals surface area contributed by atoms with E-state index >= 15 is 0 Å². The molecule has 0 atom stereocenters. The van der Waals surface area contributed by atoms with Crippen LogP contribution in [0.25, 0.3) is 16.7 Å². The second kappa shape index (κ2) is 9.14. The molecule has 0 aliphatic carbocycles. The third-order valence-electron chi connectivity index (χ3n) is 5.07. The number of carbonyl (C=O) groups excluding carboxylic acids is 1. The van der Waals surface area contributed by atoms with Crippen LogP contribution < -0.4 is 10.1 Å². The van der Waals surface area contributed by atoms with Crippen LogP contribution in [0.3, 0.4) is 0 Å². The topological polar surface area (TPSA) is 69.0 Å². The number of anilines is 1. The Labute approximate surface area is 195 Å². The van der Waals surface area contributed by atoms with E-state index in [1.165, 1.54) is 0 Å². The van der Waals surface area contributed by atoms with Crippen LogP contribution in [0.15, 0.2) is 97.1 Å². The Morgan fingerprint density at radius 1 is 0.848 bits per heavy atom. The summed E-state index contributed by atoms with van der Waals surface area (Å²) in [5.41, 5.74) is 4.15. The van der Waals surface area contributed by atoms with Gasteiger partial charge < -0.3 is 10.1 Å². The highest BCUT2D eigenvalue weighted by atomic mass is 35.5. The van der Waals surface area contributed by atoms with Gasteiger partial charge in [-0.25, -0.2) is 0 Å². The smallest absolute Gasteiger partial charge is 0.255 e. The van der Waals surface area contributed by atoms with Crippen molar-refractivity contribution in [3.8, 4) is 11.4 Å². The van der Waals surface area contributed by atoms with Crippen LogP contribution in [0.1, 0.15) is 15.9 Å². The van der Waals surface area contributed by atoms with Crippen LogP contribution >= 0.6 is 11.6 Å². The van der Waals surface area contributed by atoms with E-state index in [4.69, 9.17) is 16.3 Å². The zero-order valence-electron chi connectivity index (χ0n) is 17.5. The first-order chi connectivity index (χ1) is 16.2. The summed E-state index contributed by atoms with van der Waals surface area (Å²) in [4.78, 5) is 14.3. The quantitative estimate of drug-likeness (QED) is 0.346. The summed E-state index contributed by atoms with van der Waals surface area (Å²) in [5, 5.41) is 12.2. The number of carbonyl (C=O) groups is 1. The number of nitrogens with one attached hydrogen (secondary N) is 1. The van der Waals surface area contributed by atoms with E-state index in [1.54, 1.807) is 41.2 Å². The Morgan fingerprint density at radius 2 is 1.48 bits per heavy atom. The Morgan fingerprint density at radius 3 is 2.18 bits per heavy atom. The lowest BCUT2D eigenvalue weighted by molar-refractivity contribution is 0.102. The molecule has 1 aromatic heterocycles. The number of amides is 1. The average molecular weight is 455 g/mol. The molecule has 6 nitrogen and oxygen atoms in total. The third kappa shape index (κ3) is 4.71. The van der Waals surface area contributed by atoms with Gasteiger partial charge in [0.05, 0.1) is 16.4 Å². The average Bonchev–Trinajstić information content (AvgIpc) is 3.27. The molecule has 5 aromatic rings. The van der Waals surface area contributed by atoms with Crippen molar-refractivity contribution in [2.24, 2.45) is 0 Å². The van der Waals surface area contributed by atoms with Gasteiger partial charge in [0.1, 0.15) is 23.4 Å². The summed E-state index contributed by atoms with van der Waals surface area (Å²) in [6, 6.07) is 29.9. The van der Waals surface area contributed by atoms with Crippen LogP contribution in [-0.4, -0.2) is 20.9 Å². The number of aromatic nitrogens is 3. The Bertz CT molecular complexity index is 1400. The fraction of sp³-hybridized carbons (Fsp3) is 0.0385. The van der Waals surface area contributed by atoms with Gasteiger partial charge in [0.2, 0.25) is 0 Å². The van der Waals surface area contributed by atoms with Crippen LogP contribution in [0.5, 0.6) is 5.75 Å². The number of rotatable bonds is 6. The lowest BCUT2D eigenvalue weighted by atomic mass is 10.2. The van der Waals surface area contributed by atoms with Crippen molar-refractivity contribution >= 4 is 34.2 Å². The van der Waals surface area contributed by atoms with Gasteiger partial charge in [-0.1, -0.05) is 60.1 Å². The molecule has 1 heterocycles. The van der Waals surface area contributed by atoms with Crippen LogP contribution in [0.4, 0.5) is 5.69 Å². The molecule has 0 saturated carbocycles. The first kappa shape index (κ1) is 20.7. The zero-order valence-corrected chi connectivity index (χ0v) is 18.2. The second-order valence-corrected chi connectivity index (χ2v) is 7.81. The first-order valence-corrected chi connectivity index (χ1v) is 10.7. The van der Waals surface area contributed by atoms with Crippen molar-refractivity contribution in [2.75, 3.05) is 5.32 Å². The number of benzene rings is 4. The number of ether oxygens (including phenoxy) is 1. The molecule has 0 radical (unpaired) electrons. The molecule has 1 amide bonds. The molecule has 4 aromatic carbocycles. The van der Waals surface area contributed by atoms with Crippen LogP contribution in [0.2, 0.25) is 5.02 Å². The number of fused-ring (bicyclic) bond motifs is 1. The molecule has 0 aliphatic heterocycles. The summed E-state index contributed by atoms with van der Waals surface area (Å²) in [6.07, 6.45) is 0. The van der Waals surface area contributed by atoms with E-state index in [9.17, 15) is 4.79 Å². The van der Waals surface area contributed by atoms with Crippen molar-refractivity contribution < 1.29 is 9.53 Å². The van der Waals surface area contributed by atoms with Gasteiger partial charge >= 0.3 is 0 Å². The highest BCUT2D eigenvalue weighted by Gasteiger charge is 2.13. The molecule has 7 heteroatoms. The van der Waals surface area contributed by atoms with E-state index in [1.807, 2.05) is 60.7 Å². The Kier molecular flexibility index (Phi) is 5.74. The van der Waals surface area contributed by atoms with E-state index in [2.05, 4.69) is 15.5 Å². The standard InChI is InChI=1S/C26H19ClN4O2/c27-22-15-24-25(30-31(29-24)20-9-5-2-6-10-20)16-23(22)28-26(32)19-11-13-21(14-12-19)33-17-18-7-3-1-4-8-18/h1-16H,17H2,(H,28,32). The normalized spacial score (nSPS) is 10.8. The summed E-state index contributed by atoms with van der Waals surface area (Å²) in [7, 11) is 0. The Hall–Kier alpha value is -4.16. The fourth-order valence-electron chi connectivity index (χ4n) is 3.35. The maximum absolute atomic E-state index is 12.8. The lowest BCUT2D eigenvalue weighted by Gasteiger charge is -2.09. The molecular weight excluding hydrogens is 436 g/mol. The number of hydrogen-bond acceptors (Lipinski definition) is 4. The molecule has 1 N–H and O–H groups in total. The van der Waals surface area contributed by atoms with Gasteiger partial charge in [-0.2, -0.15) is 4.80 Å². The van der Waals surface area contributed by atoms with E-state index in [-0.39, 0.29) is 5.91 Å². The monoisotopic (exact) mass is 454 g/mol. The largest absolute Gasteiger partial charge is 0.489 e.